The zero-order chi connectivity index (χ0) is 30.8. The molecule has 0 amide bonds. The highest BCUT2D eigenvalue weighted by Gasteiger charge is 2.22. The molecular weight excluding hydrogens is 568 g/mol. The van der Waals surface area contributed by atoms with Crippen LogP contribution < -0.4 is 19.5 Å². The molecule has 0 spiro atoms. The highest BCUT2D eigenvalue weighted by molar-refractivity contribution is 5.71. The fourth-order valence-corrected chi connectivity index (χ4v) is 5.88. The van der Waals surface area contributed by atoms with E-state index in [2.05, 4.69) is 34.5 Å². The van der Waals surface area contributed by atoms with Crippen molar-refractivity contribution in [2.45, 2.75) is 26.1 Å². The Hall–Kier alpha value is -5.35. The minimum atomic E-state index is 0.508. The lowest BCUT2D eigenvalue weighted by atomic mass is 9.94. The van der Waals surface area contributed by atoms with Gasteiger partial charge in [0.05, 0.1) is 27.6 Å². The van der Waals surface area contributed by atoms with Crippen LogP contribution in [0, 0.1) is 0 Å². The fraction of sp³-hybridized carbons (Fsp3) is 0.229. The first-order valence-electron chi connectivity index (χ1n) is 14.8. The molecule has 10 nitrogen and oxygen atoms in total. The number of fused-ring (bicyclic) bond motifs is 2. The number of aromatic nitrogens is 4. The molecule has 0 fully saturated rings. The third kappa shape index (κ3) is 5.67. The second-order valence-corrected chi connectivity index (χ2v) is 10.9. The molecule has 10 heteroatoms. The van der Waals surface area contributed by atoms with Gasteiger partial charge in [0, 0.05) is 43.5 Å². The van der Waals surface area contributed by atoms with Gasteiger partial charge in [0.2, 0.25) is 11.8 Å². The van der Waals surface area contributed by atoms with Crippen LogP contribution in [0.5, 0.6) is 17.2 Å². The number of para-hydroxylation sites is 1. The van der Waals surface area contributed by atoms with Gasteiger partial charge in [0.1, 0.15) is 5.75 Å². The van der Waals surface area contributed by atoms with E-state index in [1.165, 1.54) is 11.1 Å². The minimum Gasteiger partial charge on any atom is -0.496 e. The number of nitrogens with one attached hydrogen (secondary N) is 1. The highest BCUT2D eigenvalue weighted by atomic mass is 16.5. The van der Waals surface area contributed by atoms with Crippen LogP contribution in [0.25, 0.3) is 28.4 Å². The number of hydrogen-bond acceptors (Lipinski definition) is 9. The lowest BCUT2D eigenvalue weighted by Crippen LogP contribution is -2.30. The van der Waals surface area contributed by atoms with Gasteiger partial charge in [-0.25, -0.2) is 9.97 Å². The Morgan fingerprint density at radius 3 is 2.56 bits per heavy atom. The summed E-state index contributed by atoms with van der Waals surface area (Å²) in [5, 5.41) is 8.22. The molecule has 45 heavy (non-hydrogen) atoms. The summed E-state index contributed by atoms with van der Waals surface area (Å²) < 4.78 is 23.9. The second-order valence-electron chi connectivity index (χ2n) is 10.9. The molecule has 7 rings (SSSR count). The van der Waals surface area contributed by atoms with E-state index in [1.54, 1.807) is 32.1 Å². The molecule has 1 N–H and O–H groups in total. The van der Waals surface area contributed by atoms with E-state index in [9.17, 15) is 0 Å². The van der Waals surface area contributed by atoms with Crippen molar-refractivity contribution < 1.29 is 18.6 Å². The zero-order valence-corrected chi connectivity index (χ0v) is 25.5. The SMILES string of the molecule is COc1ccc(CNc2ncc(CN3CCc4ccc(-c5ccccc5OC)cc4C3)c3nc(-c4ccco4)nn23)cc1OC. The number of methoxy groups -OCH3 is 3. The number of anilines is 1. The van der Waals surface area contributed by atoms with Crippen LogP contribution in [0.3, 0.4) is 0 Å². The summed E-state index contributed by atoms with van der Waals surface area (Å²) in [5.74, 6) is 3.92. The first kappa shape index (κ1) is 28.4. The number of ether oxygens (including phenoxy) is 3. The summed E-state index contributed by atoms with van der Waals surface area (Å²) in [5.41, 5.74) is 7.68. The van der Waals surface area contributed by atoms with Gasteiger partial charge in [0.25, 0.3) is 0 Å². The van der Waals surface area contributed by atoms with Crippen molar-refractivity contribution >= 4 is 11.6 Å². The summed E-state index contributed by atoms with van der Waals surface area (Å²) in [7, 11) is 4.97. The number of benzene rings is 3. The van der Waals surface area contributed by atoms with E-state index in [4.69, 9.17) is 33.7 Å². The molecule has 3 aromatic carbocycles. The van der Waals surface area contributed by atoms with Crippen LogP contribution in [0.15, 0.2) is 89.7 Å². The second kappa shape index (κ2) is 12.3. The van der Waals surface area contributed by atoms with Crippen LogP contribution in [-0.4, -0.2) is 52.4 Å². The molecule has 0 saturated heterocycles. The van der Waals surface area contributed by atoms with Gasteiger partial charge >= 0.3 is 0 Å². The van der Waals surface area contributed by atoms with Gasteiger partial charge in [-0.15, -0.1) is 5.10 Å². The number of rotatable bonds is 10. The Balaban J connectivity index is 1.16. The fourth-order valence-electron chi connectivity index (χ4n) is 5.88. The molecule has 228 valence electrons. The molecule has 6 aromatic rings. The Labute approximate surface area is 261 Å². The summed E-state index contributed by atoms with van der Waals surface area (Å²) in [6.07, 6.45) is 4.50. The van der Waals surface area contributed by atoms with Crippen LogP contribution in [0.4, 0.5) is 5.95 Å². The maximum absolute atomic E-state index is 5.63. The maximum atomic E-state index is 5.63. The van der Waals surface area contributed by atoms with Gasteiger partial charge in [-0.2, -0.15) is 4.52 Å². The van der Waals surface area contributed by atoms with Gasteiger partial charge in [0.15, 0.2) is 22.9 Å². The van der Waals surface area contributed by atoms with E-state index >= 15 is 0 Å². The van der Waals surface area contributed by atoms with E-state index in [-0.39, 0.29) is 0 Å². The average molecular weight is 603 g/mol. The van der Waals surface area contributed by atoms with E-state index in [0.29, 0.717) is 42.1 Å². The quantitative estimate of drug-likeness (QED) is 0.195. The minimum absolute atomic E-state index is 0.508. The zero-order valence-electron chi connectivity index (χ0n) is 25.5. The number of nitrogens with zero attached hydrogens (tertiary/aromatic N) is 5. The van der Waals surface area contributed by atoms with Gasteiger partial charge < -0.3 is 23.9 Å². The van der Waals surface area contributed by atoms with E-state index in [1.807, 2.05) is 54.7 Å². The normalized spacial score (nSPS) is 13.0. The molecule has 0 bridgehead atoms. The Morgan fingerprint density at radius 2 is 1.73 bits per heavy atom. The summed E-state index contributed by atoms with van der Waals surface area (Å²) in [4.78, 5) is 12.1. The third-order valence-electron chi connectivity index (χ3n) is 8.19. The van der Waals surface area contributed by atoms with Gasteiger partial charge in [-0.05, 0) is 65.1 Å². The largest absolute Gasteiger partial charge is 0.496 e. The standard InChI is InChI=1S/C35H34N6O4/c1-42-29-8-5-4-7-28(29)25-12-11-24-14-15-40(21-26(24)18-25)22-27-20-37-35(36-19-23-10-13-30(43-2)32(17-23)44-3)41-34(27)38-33(39-41)31-9-6-16-45-31/h4-13,16-18,20H,14-15,19,21-22H2,1-3H3,(H,36,37). The van der Waals surface area contributed by atoms with Crippen molar-refractivity contribution in [3.8, 4) is 40.0 Å². The predicted octanol–water partition coefficient (Wildman–Crippen LogP) is 6.25. The van der Waals surface area contributed by atoms with Crippen molar-refractivity contribution in [1.29, 1.82) is 0 Å². The van der Waals surface area contributed by atoms with Crippen LogP contribution in [0.1, 0.15) is 22.3 Å². The van der Waals surface area contributed by atoms with Crippen molar-refractivity contribution in [2.24, 2.45) is 0 Å². The smallest absolute Gasteiger partial charge is 0.226 e. The Kier molecular flexibility index (Phi) is 7.79. The molecule has 0 radical (unpaired) electrons. The summed E-state index contributed by atoms with van der Waals surface area (Å²) in [6.45, 7) is 2.95. The molecule has 4 heterocycles. The van der Waals surface area contributed by atoms with Gasteiger partial charge in [-0.1, -0.05) is 36.4 Å². The summed E-state index contributed by atoms with van der Waals surface area (Å²) in [6, 6.07) is 24.4. The molecular formula is C35H34N6O4. The van der Waals surface area contributed by atoms with Crippen LogP contribution >= 0.6 is 0 Å². The molecule has 0 saturated carbocycles. The first-order valence-corrected chi connectivity index (χ1v) is 14.8. The van der Waals surface area contributed by atoms with Crippen molar-refractivity contribution in [3.63, 3.8) is 0 Å². The molecule has 1 aliphatic rings. The predicted molar refractivity (Wildman–Crippen MR) is 172 cm³/mol. The molecule has 0 unspecified atom stereocenters. The topological polar surface area (TPSA) is 99.2 Å². The van der Waals surface area contributed by atoms with Crippen LogP contribution in [0.2, 0.25) is 0 Å². The molecule has 0 aliphatic carbocycles. The summed E-state index contributed by atoms with van der Waals surface area (Å²) >= 11 is 0. The Bertz CT molecular complexity index is 1950. The third-order valence-corrected chi connectivity index (χ3v) is 8.19. The van der Waals surface area contributed by atoms with Crippen LogP contribution in [-0.2, 0) is 26.1 Å². The molecule has 3 aromatic heterocycles. The highest BCUT2D eigenvalue weighted by Crippen LogP contribution is 2.33. The van der Waals surface area contributed by atoms with Crippen molar-refractivity contribution in [1.82, 2.24) is 24.5 Å². The van der Waals surface area contributed by atoms with Crippen molar-refractivity contribution in [2.75, 3.05) is 33.2 Å². The number of furan rings is 1. The van der Waals surface area contributed by atoms with E-state index < -0.39 is 0 Å². The maximum Gasteiger partial charge on any atom is 0.226 e. The van der Waals surface area contributed by atoms with Gasteiger partial charge in [-0.3, -0.25) is 4.90 Å². The lowest BCUT2D eigenvalue weighted by molar-refractivity contribution is 0.246. The average Bonchev–Trinajstić information content (AvgIpc) is 3.79. The molecule has 0 atom stereocenters. The number of hydrogen-bond donors (Lipinski definition) is 1. The van der Waals surface area contributed by atoms with E-state index in [0.717, 1.165) is 53.2 Å². The Morgan fingerprint density at radius 1 is 0.867 bits per heavy atom. The first-order chi connectivity index (χ1) is 22.1. The molecule has 1 aliphatic heterocycles. The lowest BCUT2D eigenvalue weighted by Gasteiger charge is -2.29. The van der Waals surface area contributed by atoms with Crippen molar-refractivity contribution in [3.05, 3.63) is 108 Å². The monoisotopic (exact) mass is 602 g/mol.